The molecule has 0 spiro atoms. The predicted molar refractivity (Wildman–Crippen MR) is 84.2 cm³/mol. The lowest BCUT2D eigenvalue weighted by Crippen LogP contribution is -2.10. The molecule has 0 fully saturated rings. The van der Waals surface area contributed by atoms with Crippen LogP contribution in [0.5, 0.6) is 11.5 Å². The van der Waals surface area contributed by atoms with Crippen LogP contribution in [-0.4, -0.2) is 0 Å². The zero-order valence-electron chi connectivity index (χ0n) is 13.0. The van der Waals surface area contributed by atoms with Gasteiger partial charge in [-0.1, -0.05) is 39.0 Å². The fourth-order valence-corrected chi connectivity index (χ4v) is 2.20. The molecule has 0 saturated carbocycles. The Morgan fingerprint density at radius 3 is 2.19 bits per heavy atom. The minimum atomic E-state index is -0.421. The molecule has 0 aliphatic carbocycles. The highest BCUT2D eigenvalue weighted by Crippen LogP contribution is 2.32. The second kappa shape index (κ2) is 5.86. The Hall–Kier alpha value is -1.87. The summed E-state index contributed by atoms with van der Waals surface area (Å²) in [5, 5.41) is 0. The van der Waals surface area contributed by atoms with Gasteiger partial charge in [0.05, 0.1) is 0 Å². The van der Waals surface area contributed by atoms with Gasteiger partial charge in [-0.25, -0.2) is 4.39 Å². The molecule has 0 amide bonds. The van der Waals surface area contributed by atoms with Gasteiger partial charge in [-0.05, 0) is 42.2 Å². The molecule has 112 valence electrons. The summed E-state index contributed by atoms with van der Waals surface area (Å²) in [6.45, 7) is 8.21. The highest BCUT2D eigenvalue weighted by atomic mass is 19.1. The van der Waals surface area contributed by atoms with Crippen molar-refractivity contribution in [3.8, 4) is 11.5 Å². The average Bonchev–Trinajstić information content (AvgIpc) is 2.38. The summed E-state index contributed by atoms with van der Waals surface area (Å²) in [6.07, 6.45) is 0. The highest BCUT2D eigenvalue weighted by Gasteiger charge is 2.16. The van der Waals surface area contributed by atoms with E-state index in [0.717, 1.165) is 0 Å². The number of hydrogen-bond donors (Lipinski definition) is 1. The van der Waals surface area contributed by atoms with E-state index in [2.05, 4.69) is 20.8 Å². The van der Waals surface area contributed by atoms with E-state index in [1.54, 1.807) is 19.1 Å². The van der Waals surface area contributed by atoms with E-state index in [4.69, 9.17) is 10.5 Å². The Bertz CT molecular complexity index is 612. The van der Waals surface area contributed by atoms with Crippen LogP contribution in [0.25, 0.3) is 0 Å². The third kappa shape index (κ3) is 3.61. The van der Waals surface area contributed by atoms with Gasteiger partial charge in [0.1, 0.15) is 17.3 Å². The van der Waals surface area contributed by atoms with Crippen molar-refractivity contribution in [3.63, 3.8) is 0 Å². The van der Waals surface area contributed by atoms with Gasteiger partial charge in [-0.2, -0.15) is 0 Å². The van der Waals surface area contributed by atoms with Gasteiger partial charge in [-0.15, -0.1) is 0 Å². The van der Waals surface area contributed by atoms with Crippen LogP contribution in [0.3, 0.4) is 0 Å². The van der Waals surface area contributed by atoms with Gasteiger partial charge in [0.15, 0.2) is 0 Å². The maximum Gasteiger partial charge on any atom is 0.135 e. The molecule has 0 bridgehead atoms. The van der Waals surface area contributed by atoms with Crippen molar-refractivity contribution in [3.05, 3.63) is 59.4 Å². The third-order valence-corrected chi connectivity index (χ3v) is 3.42. The zero-order valence-corrected chi connectivity index (χ0v) is 13.0. The van der Waals surface area contributed by atoms with E-state index in [0.29, 0.717) is 17.1 Å². The minimum absolute atomic E-state index is 0.0916. The van der Waals surface area contributed by atoms with Crippen LogP contribution in [0, 0.1) is 5.82 Å². The maximum atomic E-state index is 13.9. The normalized spacial score (nSPS) is 13.0. The summed E-state index contributed by atoms with van der Waals surface area (Å²) in [7, 11) is 0. The van der Waals surface area contributed by atoms with Gasteiger partial charge >= 0.3 is 0 Å². The number of nitrogens with two attached hydrogens (primary N) is 1. The lowest BCUT2D eigenvalue weighted by molar-refractivity contribution is 0.460. The van der Waals surface area contributed by atoms with Crippen LogP contribution in [0.4, 0.5) is 4.39 Å². The van der Waals surface area contributed by atoms with Crippen molar-refractivity contribution in [1.82, 2.24) is 0 Å². The summed E-state index contributed by atoms with van der Waals surface area (Å²) in [5.74, 6) is 0.804. The Balaban J connectivity index is 2.29. The molecule has 0 radical (unpaired) electrons. The van der Waals surface area contributed by atoms with E-state index >= 15 is 0 Å². The van der Waals surface area contributed by atoms with Gasteiger partial charge in [0.25, 0.3) is 0 Å². The largest absolute Gasteiger partial charge is 0.457 e. The van der Waals surface area contributed by atoms with Crippen LogP contribution in [0.2, 0.25) is 0 Å². The summed E-state index contributed by atoms with van der Waals surface area (Å²) < 4.78 is 19.7. The van der Waals surface area contributed by atoms with Crippen molar-refractivity contribution >= 4 is 0 Å². The maximum absolute atomic E-state index is 13.9. The minimum Gasteiger partial charge on any atom is -0.457 e. The van der Waals surface area contributed by atoms with E-state index in [1.165, 1.54) is 11.6 Å². The van der Waals surface area contributed by atoms with Crippen LogP contribution in [-0.2, 0) is 5.41 Å². The molecular formula is C18H22FNO. The van der Waals surface area contributed by atoms with Crippen molar-refractivity contribution in [2.75, 3.05) is 0 Å². The van der Waals surface area contributed by atoms with Crippen LogP contribution >= 0.6 is 0 Å². The summed E-state index contributed by atoms with van der Waals surface area (Å²) >= 11 is 0. The number of benzene rings is 2. The molecular weight excluding hydrogens is 265 g/mol. The van der Waals surface area contributed by atoms with E-state index in [1.807, 2.05) is 24.3 Å². The molecule has 0 aromatic heterocycles. The van der Waals surface area contributed by atoms with Crippen molar-refractivity contribution in [1.29, 1.82) is 0 Å². The lowest BCUT2D eigenvalue weighted by atomic mass is 9.87. The zero-order chi connectivity index (χ0) is 15.6. The molecule has 21 heavy (non-hydrogen) atoms. The molecule has 2 aromatic rings. The van der Waals surface area contributed by atoms with E-state index in [9.17, 15) is 4.39 Å². The topological polar surface area (TPSA) is 35.2 Å². The van der Waals surface area contributed by atoms with Gasteiger partial charge < -0.3 is 10.5 Å². The van der Waals surface area contributed by atoms with Crippen LogP contribution in [0.15, 0.2) is 42.5 Å². The lowest BCUT2D eigenvalue weighted by Gasteiger charge is -2.19. The van der Waals surface area contributed by atoms with Gasteiger partial charge in [0, 0.05) is 11.6 Å². The van der Waals surface area contributed by atoms with Crippen molar-refractivity contribution < 1.29 is 9.13 Å². The standard InChI is InChI=1S/C18H22FNO/c1-12(20)17-15(19)6-5-7-16(17)21-14-10-8-13(9-11-14)18(2,3)4/h5-12H,20H2,1-4H3/t12-/m1/s1. The molecule has 2 aromatic carbocycles. The van der Waals surface area contributed by atoms with Gasteiger partial charge in [-0.3, -0.25) is 0 Å². The van der Waals surface area contributed by atoms with E-state index in [-0.39, 0.29) is 11.2 Å². The first-order valence-electron chi connectivity index (χ1n) is 7.11. The van der Waals surface area contributed by atoms with Crippen LogP contribution < -0.4 is 10.5 Å². The second-order valence-corrected chi connectivity index (χ2v) is 6.32. The molecule has 2 N–H and O–H groups in total. The quantitative estimate of drug-likeness (QED) is 0.868. The summed E-state index contributed by atoms with van der Waals surface area (Å²) in [6, 6.07) is 12.2. The molecule has 3 heteroatoms. The third-order valence-electron chi connectivity index (χ3n) is 3.42. The summed E-state index contributed by atoms with van der Waals surface area (Å²) in [5.41, 5.74) is 7.55. The number of rotatable bonds is 3. The number of ether oxygens (including phenoxy) is 1. The molecule has 0 saturated heterocycles. The number of hydrogen-bond acceptors (Lipinski definition) is 2. The summed E-state index contributed by atoms with van der Waals surface area (Å²) in [4.78, 5) is 0. The highest BCUT2D eigenvalue weighted by molar-refractivity contribution is 5.41. The Labute approximate surface area is 125 Å². The molecule has 2 nitrogen and oxygen atoms in total. The smallest absolute Gasteiger partial charge is 0.135 e. The first kappa shape index (κ1) is 15.5. The molecule has 0 aliphatic heterocycles. The molecule has 1 atom stereocenters. The van der Waals surface area contributed by atoms with Crippen molar-refractivity contribution in [2.24, 2.45) is 5.73 Å². The Morgan fingerprint density at radius 1 is 1.05 bits per heavy atom. The fraction of sp³-hybridized carbons (Fsp3) is 0.333. The second-order valence-electron chi connectivity index (χ2n) is 6.32. The molecule has 0 aliphatic rings. The first-order valence-corrected chi connectivity index (χ1v) is 7.11. The first-order chi connectivity index (χ1) is 9.79. The van der Waals surface area contributed by atoms with Gasteiger partial charge in [0.2, 0.25) is 0 Å². The SMILES string of the molecule is C[C@@H](N)c1c(F)cccc1Oc1ccc(C(C)(C)C)cc1. The monoisotopic (exact) mass is 287 g/mol. The van der Waals surface area contributed by atoms with E-state index < -0.39 is 6.04 Å². The Morgan fingerprint density at radius 2 is 1.67 bits per heavy atom. The average molecular weight is 287 g/mol. The van der Waals surface area contributed by atoms with Crippen LogP contribution in [0.1, 0.15) is 44.9 Å². The molecule has 0 heterocycles. The number of halogens is 1. The fourth-order valence-electron chi connectivity index (χ4n) is 2.20. The van der Waals surface area contributed by atoms with Crippen molar-refractivity contribution in [2.45, 2.75) is 39.2 Å². The Kier molecular flexibility index (Phi) is 4.33. The predicted octanol–water partition coefficient (Wildman–Crippen LogP) is 4.94. The molecule has 2 rings (SSSR count). The molecule has 0 unspecified atom stereocenters.